The second-order valence-corrected chi connectivity index (χ2v) is 10.4. The van der Waals surface area contributed by atoms with Gasteiger partial charge in [-0.2, -0.15) is 0 Å². The van der Waals surface area contributed by atoms with E-state index >= 15 is 0 Å². The number of nitrogens with zero attached hydrogens (tertiary/aromatic N) is 2. The van der Waals surface area contributed by atoms with Crippen molar-refractivity contribution in [1.29, 1.82) is 0 Å². The highest BCUT2D eigenvalue weighted by Gasteiger charge is 2.24. The average molecular weight is 449 g/mol. The molecule has 0 N–H and O–H groups in total. The van der Waals surface area contributed by atoms with Crippen molar-refractivity contribution in [2.75, 3.05) is 13.1 Å². The van der Waals surface area contributed by atoms with E-state index in [9.17, 15) is 0 Å². The Labute approximate surface area is 203 Å². The van der Waals surface area contributed by atoms with Crippen LogP contribution in [0.15, 0.2) is 12.4 Å². The van der Waals surface area contributed by atoms with Crippen molar-refractivity contribution >= 4 is 0 Å². The molecule has 0 fully saturated rings. The van der Waals surface area contributed by atoms with E-state index in [1.54, 1.807) is 0 Å². The maximum absolute atomic E-state index is 2.66. The highest BCUT2D eigenvalue weighted by molar-refractivity contribution is 4.96. The smallest absolute Gasteiger partial charge is 0.101 e. The maximum atomic E-state index is 2.66. The van der Waals surface area contributed by atoms with Crippen LogP contribution < -0.4 is 0 Å². The van der Waals surface area contributed by atoms with Crippen molar-refractivity contribution in [2.45, 2.75) is 168 Å². The van der Waals surface area contributed by atoms with Gasteiger partial charge in [-0.3, -0.25) is 0 Å². The predicted octanol–water partition coefficient (Wildman–Crippen LogP) is 10.0. The van der Waals surface area contributed by atoms with Gasteiger partial charge in [-0.05, 0) is 25.7 Å². The Morgan fingerprint density at radius 3 is 1.06 bits per heavy atom. The third-order valence-electron chi connectivity index (χ3n) is 7.32. The third-order valence-corrected chi connectivity index (χ3v) is 7.32. The summed E-state index contributed by atoms with van der Waals surface area (Å²) in [5.41, 5.74) is 0. The lowest BCUT2D eigenvalue weighted by molar-refractivity contribution is 0.136. The first-order chi connectivity index (χ1) is 15.8. The zero-order valence-corrected chi connectivity index (χ0v) is 22.6. The molecule has 1 heterocycles. The largest absolute Gasteiger partial charge is 0.356 e. The molecule has 2 nitrogen and oxygen atoms in total. The molecule has 0 aromatic carbocycles. The van der Waals surface area contributed by atoms with Gasteiger partial charge in [0.1, 0.15) is 6.17 Å². The number of rotatable bonds is 24. The van der Waals surface area contributed by atoms with Crippen LogP contribution in [0.2, 0.25) is 0 Å². The maximum Gasteiger partial charge on any atom is 0.101 e. The molecular formula is C30H60N2. The van der Waals surface area contributed by atoms with Gasteiger partial charge in [-0.1, -0.05) is 136 Å². The number of unbranched alkanes of at least 4 members (excludes halogenated alkanes) is 18. The Kier molecular flexibility index (Phi) is 20.3. The van der Waals surface area contributed by atoms with Crippen LogP contribution in [-0.2, 0) is 0 Å². The highest BCUT2D eigenvalue weighted by Crippen LogP contribution is 2.23. The molecule has 0 aliphatic carbocycles. The lowest BCUT2D eigenvalue weighted by Gasteiger charge is -2.33. The molecule has 0 aromatic rings. The standard InChI is InChI=1S/C30H60N2/c1-4-7-10-12-14-15-16-17-18-19-20-22-24-27-32-29-28-31(30(32)25-9-6-3)26-23-21-13-11-8-5-2/h28-30H,4-27H2,1-3H3. The lowest BCUT2D eigenvalue weighted by Crippen LogP contribution is -2.39. The Bertz CT molecular complexity index is 406. The molecule has 0 bridgehead atoms. The molecule has 1 aliphatic heterocycles. The summed E-state index contributed by atoms with van der Waals surface area (Å²) in [6.45, 7) is 9.46. The molecule has 0 saturated heterocycles. The van der Waals surface area contributed by atoms with Crippen LogP contribution in [0.4, 0.5) is 0 Å². The Morgan fingerprint density at radius 2 is 0.719 bits per heavy atom. The molecule has 1 unspecified atom stereocenters. The van der Waals surface area contributed by atoms with Crippen molar-refractivity contribution < 1.29 is 0 Å². The van der Waals surface area contributed by atoms with E-state index in [1.807, 2.05) is 0 Å². The van der Waals surface area contributed by atoms with Crippen molar-refractivity contribution in [2.24, 2.45) is 0 Å². The molecule has 1 atom stereocenters. The summed E-state index contributed by atoms with van der Waals surface area (Å²) < 4.78 is 0. The van der Waals surface area contributed by atoms with E-state index in [1.165, 1.54) is 154 Å². The first-order valence-corrected chi connectivity index (χ1v) is 15.0. The van der Waals surface area contributed by atoms with Gasteiger partial charge in [-0.25, -0.2) is 0 Å². The minimum atomic E-state index is 0.642. The van der Waals surface area contributed by atoms with Gasteiger partial charge in [0.05, 0.1) is 0 Å². The minimum absolute atomic E-state index is 0.642. The molecule has 1 rings (SSSR count). The minimum Gasteiger partial charge on any atom is -0.356 e. The van der Waals surface area contributed by atoms with Gasteiger partial charge in [-0.15, -0.1) is 0 Å². The average Bonchev–Trinajstić information content (AvgIpc) is 3.19. The fourth-order valence-corrected chi connectivity index (χ4v) is 5.11. The topological polar surface area (TPSA) is 6.48 Å². The van der Waals surface area contributed by atoms with Gasteiger partial charge in [0.25, 0.3) is 0 Å². The molecule has 0 spiro atoms. The quantitative estimate of drug-likeness (QED) is 0.135. The summed E-state index contributed by atoms with van der Waals surface area (Å²) in [4.78, 5) is 5.31. The second-order valence-electron chi connectivity index (χ2n) is 10.4. The molecule has 0 aromatic heterocycles. The van der Waals surface area contributed by atoms with Gasteiger partial charge >= 0.3 is 0 Å². The molecule has 190 valence electrons. The van der Waals surface area contributed by atoms with E-state index < -0.39 is 0 Å². The fourth-order valence-electron chi connectivity index (χ4n) is 5.11. The summed E-state index contributed by atoms with van der Waals surface area (Å²) >= 11 is 0. The van der Waals surface area contributed by atoms with Crippen molar-refractivity contribution in [3.63, 3.8) is 0 Å². The van der Waals surface area contributed by atoms with Crippen LogP contribution in [0.1, 0.15) is 162 Å². The molecular weight excluding hydrogens is 388 g/mol. The van der Waals surface area contributed by atoms with Crippen LogP contribution >= 0.6 is 0 Å². The van der Waals surface area contributed by atoms with Crippen LogP contribution in [0.25, 0.3) is 0 Å². The van der Waals surface area contributed by atoms with Crippen LogP contribution in [0, 0.1) is 0 Å². The SMILES string of the molecule is CCCCCCCCCCCCCCCN1C=CN(CCCCCCCC)C1CCCC. The van der Waals surface area contributed by atoms with Crippen LogP contribution in [0.3, 0.4) is 0 Å². The third kappa shape index (κ3) is 15.2. The zero-order chi connectivity index (χ0) is 23.1. The highest BCUT2D eigenvalue weighted by atomic mass is 15.4. The van der Waals surface area contributed by atoms with E-state index in [4.69, 9.17) is 0 Å². The van der Waals surface area contributed by atoms with Crippen molar-refractivity contribution in [1.82, 2.24) is 9.80 Å². The zero-order valence-electron chi connectivity index (χ0n) is 22.6. The van der Waals surface area contributed by atoms with Crippen molar-refractivity contribution in [3.8, 4) is 0 Å². The number of hydrogen-bond donors (Lipinski definition) is 0. The van der Waals surface area contributed by atoms with Gasteiger partial charge in [0.2, 0.25) is 0 Å². The second kappa shape index (κ2) is 22.1. The predicted molar refractivity (Wildman–Crippen MR) is 145 cm³/mol. The molecule has 32 heavy (non-hydrogen) atoms. The van der Waals surface area contributed by atoms with E-state index in [0.29, 0.717) is 6.17 Å². The number of hydrogen-bond acceptors (Lipinski definition) is 2. The van der Waals surface area contributed by atoms with Gasteiger partial charge in [0, 0.05) is 25.5 Å². The fraction of sp³-hybridized carbons (Fsp3) is 0.933. The van der Waals surface area contributed by atoms with Crippen molar-refractivity contribution in [3.05, 3.63) is 12.4 Å². The summed E-state index contributed by atoms with van der Waals surface area (Å²) in [6.07, 6.45) is 36.6. The van der Waals surface area contributed by atoms with Crippen LogP contribution in [0.5, 0.6) is 0 Å². The Balaban J connectivity index is 2.06. The van der Waals surface area contributed by atoms with Gasteiger partial charge < -0.3 is 9.80 Å². The first-order valence-electron chi connectivity index (χ1n) is 15.0. The molecule has 1 aliphatic rings. The Hall–Kier alpha value is -0.660. The summed E-state index contributed by atoms with van der Waals surface area (Å²) in [7, 11) is 0. The normalized spacial score (nSPS) is 15.9. The molecule has 0 amide bonds. The summed E-state index contributed by atoms with van der Waals surface area (Å²) in [6, 6.07) is 0. The summed E-state index contributed by atoms with van der Waals surface area (Å²) in [5, 5.41) is 0. The lowest BCUT2D eigenvalue weighted by atomic mass is 10.0. The molecule has 0 radical (unpaired) electrons. The monoisotopic (exact) mass is 448 g/mol. The Morgan fingerprint density at radius 1 is 0.406 bits per heavy atom. The van der Waals surface area contributed by atoms with E-state index in [-0.39, 0.29) is 0 Å². The van der Waals surface area contributed by atoms with Crippen LogP contribution in [-0.4, -0.2) is 29.1 Å². The molecule has 0 saturated carbocycles. The van der Waals surface area contributed by atoms with E-state index in [0.717, 1.165) is 0 Å². The first kappa shape index (κ1) is 29.4. The molecule has 2 heteroatoms. The van der Waals surface area contributed by atoms with Gasteiger partial charge in [0.15, 0.2) is 0 Å². The summed E-state index contributed by atoms with van der Waals surface area (Å²) in [5.74, 6) is 0. The van der Waals surface area contributed by atoms with E-state index in [2.05, 4.69) is 43.0 Å².